The van der Waals surface area contributed by atoms with Crippen LogP contribution in [0.25, 0.3) is 0 Å². The van der Waals surface area contributed by atoms with Crippen LogP contribution in [0.2, 0.25) is 0 Å². The van der Waals surface area contributed by atoms with Gasteiger partial charge in [-0.1, -0.05) is 50.5 Å². The minimum atomic E-state index is -0.797. The SMILES string of the molecule is CCCCC[C@@H]1C(=O)C[C@H](O)[C@@H]1/C=C/[C@H](O)C/C=C\CCCC(=O)O. The van der Waals surface area contributed by atoms with Gasteiger partial charge in [-0.15, -0.1) is 0 Å². The zero-order valence-corrected chi connectivity index (χ0v) is 15.1. The maximum atomic E-state index is 12.0. The quantitative estimate of drug-likeness (QED) is 0.370. The summed E-state index contributed by atoms with van der Waals surface area (Å²) in [5.74, 6) is -0.990. The molecule has 1 saturated carbocycles. The molecule has 0 aromatic carbocycles. The predicted octanol–water partition coefficient (Wildman–Crippen LogP) is 3.25. The van der Waals surface area contributed by atoms with Crippen LogP contribution >= 0.6 is 0 Å². The number of aliphatic hydroxyl groups is 2. The first-order valence-electron chi connectivity index (χ1n) is 9.39. The van der Waals surface area contributed by atoms with E-state index in [-0.39, 0.29) is 30.5 Å². The summed E-state index contributed by atoms with van der Waals surface area (Å²) in [4.78, 5) is 22.4. The Kier molecular flexibility index (Phi) is 10.3. The fraction of sp³-hybridized carbons (Fsp3) is 0.700. The van der Waals surface area contributed by atoms with Crippen molar-refractivity contribution in [2.24, 2.45) is 11.8 Å². The third-order valence-corrected chi connectivity index (χ3v) is 4.71. The number of ketones is 1. The van der Waals surface area contributed by atoms with Gasteiger partial charge in [-0.25, -0.2) is 0 Å². The molecule has 5 heteroatoms. The molecular weight excluding hydrogens is 320 g/mol. The molecule has 0 saturated heterocycles. The lowest BCUT2D eigenvalue weighted by molar-refractivity contribution is -0.137. The van der Waals surface area contributed by atoms with Gasteiger partial charge in [-0.3, -0.25) is 9.59 Å². The number of carboxylic acids is 1. The number of carbonyl (C=O) groups excluding carboxylic acids is 1. The fourth-order valence-electron chi connectivity index (χ4n) is 3.27. The van der Waals surface area contributed by atoms with Gasteiger partial charge in [0.2, 0.25) is 0 Å². The Morgan fingerprint density at radius 1 is 1.28 bits per heavy atom. The molecule has 25 heavy (non-hydrogen) atoms. The number of aliphatic hydroxyl groups excluding tert-OH is 2. The van der Waals surface area contributed by atoms with Gasteiger partial charge >= 0.3 is 5.97 Å². The summed E-state index contributed by atoms with van der Waals surface area (Å²) >= 11 is 0. The maximum Gasteiger partial charge on any atom is 0.303 e. The van der Waals surface area contributed by atoms with Crippen LogP contribution in [-0.4, -0.2) is 39.3 Å². The second kappa shape index (κ2) is 12.0. The molecule has 0 aliphatic heterocycles. The van der Waals surface area contributed by atoms with Gasteiger partial charge in [0.15, 0.2) is 0 Å². The van der Waals surface area contributed by atoms with Crippen LogP contribution < -0.4 is 0 Å². The molecule has 0 aromatic heterocycles. The molecule has 4 atom stereocenters. The van der Waals surface area contributed by atoms with Crippen LogP contribution in [0.1, 0.15) is 64.7 Å². The minimum absolute atomic E-state index is 0.128. The first kappa shape index (κ1) is 21.6. The van der Waals surface area contributed by atoms with E-state index in [9.17, 15) is 19.8 Å². The van der Waals surface area contributed by atoms with Gasteiger partial charge in [-0.2, -0.15) is 0 Å². The smallest absolute Gasteiger partial charge is 0.303 e. The third-order valence-electron chi connectivity index (χ3n) is 4.71. The summed E-state index contributed by atoms with van der Waals surface area (Å²) < 4.78 is 0. The Labute approximate surface area is 150 Å². The van der Waals surface area contributed by atoms with Crippen molar-refractivity contribution in [2.75, 3.05) is 0 Å². The van der Waals surface area contributed by atoms with Crippen molar-refractivity contribution in [3.63, 3.8) is 0 Å². The molecule has 1 rings (SSSR count). The summed E-state index contributed by atoms with van der Waals surface area (Å²) in [5.41, 5.74) is 0. The molecule has 3 N–H and O–H groups in total. The summed E-state index contributed by atoms with van der Waals surface area (Å²) in [6, 6.07) is 0. The highest BCUT2D eigenvalue weighted by Crippen LogP contribution is 2.34. The second-order valence-electron chi connectivity index (χ2n) is 6.86. The van der Waals surface area contributed by atoms with Gasteiger partial charge in [0.05, 0.1) is 12.2 Å². The van der Waals surface area contributed by atoms with E-state index >= 15 is 0 Å². The molecule has 0 radical (unpaired) electrons. The van der Waals surface area contributed by atoms with Crippen LogP contribution in [0.5, 0.6) is 0 Å². The Balaban J connectivity index is 2.41. The maximum absolute atomic E-state index is 12.0. The van der Waals surface area contributed by atoms with E-state index in [1.54, 1.807) is 12.2 Å². The number of rotatable bonds is 12. The molecule has 0 bridgehead atoms. The van der Waals surface area contributed by atoms with Crippen molar-refractivity contribution in [1.82, 2.24) is 0 Å². The van der Waals surface area contributed by atoms with Crippen molar-refractivity contribution in [3.05, 3.63) is 24.3 Å². The summed E-state index contributed by atoms with van der Waals surface area (Å²) in [5, 5.41) is 28.7. The Morgan fingerprint density at radius 3 is 2.72 bits per heavy atom. The van der Waals surface area contributed by atoms with Crippen LogP contribution in [0, 0.1) is 11.8 Å². The number of Topliss-reactive ketones (excluding diaryl/α,β-unsaturated/α-hetero) is 1. The van der Waals surface area contributed by atoms with Crippen molar-refractivity contribution < 1.29 is 24.9 Å². The normalized spacial score (nSPS) is 25.2. The zero-order valence-electron chi connectivity index (χ0n) is 15.1. The molecule has 0 aromatic rings. The van der Waals surface area contributed by atoms with E-state index < -0.39 is 18.2 Å². The first-order valence-corrected chi connectivity index (χ1v) is 9.39. The topological polar surface area (TPSA) is 94.8 Å². The van der Waals surface area contributed by atoms with E-state index in [2.05, 4.69) is 6.92 Å². The highest BCUT2D eigenvalue weighted by Gasteiger charge is 2.39. The van der Waals surface area contributed by atoms with E-state index in [0.29, 0.717) is 19.3 Å². The Hall–Kier alpha value is -1.46. The molecule has 1 aliphatic rings. The molecule has 142 valence electrons. The first-order chi connectivity index (χ1) is 12.0. The number of aliphatic carboxylic acids is 1. The Morgan fingerprint density at radius 2 is 2.04 bits per heavy atom. The average Bonchev–Trinajstić information content (AvgIpc) is 2.82. The fourth-order valence-corrected chi connectivity index (χ4v) is 3.27. The minimum Gasteiger partial charge on any atom is -0.481 e. The molecule has 1 fully saturated rings. The van der Waals surface area contributed by atoms with Gasteiger partial charge in [0.1, 0.15) is 5.78 Å². The largest absolute Gasteiger partial charge is 0.481 e. The monoisotopic (exact) mass is 352 g/mol. The number of carboxylic acid groups (broad SMARTS) is 1. The van der Waals surface area contributed by atoms with E-state index in [4.69, 9.17) is 5.11 Å². The van der Waals surface area contributed by atoms with Crippen molar-refractivity contribution in [3.8, 4) is 0 Å². The summed E-state index contributed by atoms with van der Waals surface area (Å²) in [7, 11) is 0. The van der Waals surface area contributed by atoms with Gasteiger partial charge in [-0.05, 0) is 25.7 Å². The molecule has 0 amide bonds. The summed E-state index contributed by atoms with van der Waals surface area (Å²) in [6.45, 7) is 2.12. The number of unbranched alkanes of at least 4 members (excludes halogenated alkanes) is 3. The van der Waals surface area contributed by atoms with E-state index in [1.165, 1.54) is 0 Å². The predicted molar refractivity (Wildman–Crippen MR) is 97.1 cm³/mol. The lowest BCUT2D eigenvalue weighted by atomic mass is 9.88. The highest BCUT2D eigenvalue weighted by molar-refractivity contribution is 5.84. The molecule has 0 unspecified atom stereocenters. The van der Waals surface area contributed by atoms with E-state index in [0.717, 1.165) is 25.7 Å². The van der Waals surface area contributed by atoms with E-state index in [1.807, 2.05) is 12.2 Å². The summed E-state index contributed by atoms with van der Waals surface area (Å²) in [6.07, 6.45) is 11.9. The highest BCUT2D eigenvalue weighted by atomic mass is 16.4. The van der Waals surface area contributed by atoms with Crippen LogP contribution in [0.4, 0.5) is 0 Å². The van der Waals surface area contributed by atoms with Crippen molar-refractivity contribution in [1.29, 1.82) is 0 Å². The lowest BCUT2D eigenvalue weighted by Crippen LogP contribution is -2.19. The molecule has 1 aliphatic carbocycles. The average molecular weight is 352 g/mol. The molecular formula is C20H32O5. The molecule has 0 spiro atoms. The zero-order chi connectivity index (χ0) is 18.7. The molecule has 5 nitrogen and oxygen atoms in total. The number of hydrogen-bond donors (Lipinski definition) is 3. The standard InChI is InChI=1S/C20H32O5/c1-2-3-6-10-16-17(19(23)14-18(16)22)13-12-15(21)9-7-4-5-8-11-20(24)25/h4,7,12-13,15-17,19,21,23H,2-3,5-6,8-11,14H2,1H3,(H,24,25)/b7-4-,13-12+/t15-,16+,17-,19+/m1/s1. The van der Waals surface area contributed by atoms with Gasteiger partial charge in [0.25, 0.3) is 0 Å². The lowest BCUT2D eigenvalue weighted by Gasteiger charge is -2.17. The number of carbonyl (C=O) groups is 2. The second-order valence-corrected chi connectivity index (χ2v) is 6.86. The van der Waals surface area contributed by atoms with Crippen LogP contribution in [-0.2, 0) is 9.59 Å². The molecule has 0 heterocycles. The van der Waals surface area contributed by atoms with Crippen LogP contribution in [0.15, 0.2) is 24.3 Å². The number of hydrogen-bond acceptors (Lipinski definition) is 4. The third kappa shape index (κ3) is 8.45. The van der Waals surface area contributed by atoms with Crippen LogP contribution in [0.3, 0.4) is 0 Å². The number of allylic oxidation sites excluding steroid dienone is 1. The van der Waals surface area contributed by atoms with Crippen molar-refractivity contribution in [2.45, 2.75) is 76.9 Å². The van der Waals surface area contributed by atoms with Gasteiger partial charge in [0, 0.05) is 24.7 Å². The van der Waals surface area contributed by atoms with Crippen molar-refractivity contribution >= 4 is 11.8 Å². The van der Waals surface area contributed by atoms with Gasteiger partial charge < -0.3 is 15.3 Å². The Bertz CT molecular complexity index is 469.